The van der Waals surface area contributed by atoms with Gasteiger partial charge in [0, 0.05) is 23.5 Å². The van der Waals surface area contributed by atoms with Crippen molar-refractivity contribution in [1.82, 2.24) is 0 Å². The maximum atomic E-state index is 12.6. The summed E-state index contributed by atoms with van der Waals surface area (Å²) >= 11 is 0. The zero-order valence-corrected chi connectivity index (χ0v) is 10.9. The lowest BCUT2D eigenvalue weighted by molar-refractivity contribution is -0.123. The van der Waals surface area contributed by atoms with Gasteiger partial charge in [-0.15, -0.1) is 0 Å². The lowest BCUT2D eigenvalue weighted by Crippen LogP contribution is -2.34. The first-order valence-electron chi connectivity index (χ1n) is 6.26. The molecule has 0 radical (unpaired) electrons. The van der Waals surface area contributed by atoms with Crippen LogP contribution in [0.25, 0.3) is 0 Å². The Bertz CT molecular complexity index is 517. The van der Waals surface area contributed by atoms with Crippen molar-refractivity contribution in [3.63, 3.8) is 0 Å². The molecule has 7 heteroatoms. The van der Waals surface area contributed by atoms with Crippen LogP contribution in [0.4, 0.5) is 24.5 Å². The molecule has 0 saturated carbocycles. The van der Waals surface area contributed by atoms with Crippen LogP contribution in [0.2, 0.25) is 0 Å². The fourth-order valence-corrected chi connectivity index (χ4v) is 2.22. The van der Waals surface area contributed by atoms with E-state index >= 15 is 0 Å². The summed E-state index contributed by atoms with van der Waals surface area (Å²) in [4.78, 5) is 12.5. The van der Waals surface area contributed by atoms with Gasteiger partial charge in [-0.05, 0) is 18.6 Å². The van der Waals surface area contributed by atoms with Crippen LogP contribution in [0.15, 0.2) is 18.2 Å². The summed E-state index contributed by atoms with van der Waals surface area (Å²) in [5, 5.41) is 12.0. The maximum absolute atomic E-state index is 12.6. The van der Waals surface area contributed by atoms with E-state index in [9.17, 15) is 23.1 Å². The van der Waals surface area contributed by atoms with Crippen molar-refractivity contribution < 1.29 is 23.1 Å². The predicted octanol–water partition coefficient (Wildman–Crippen LogP) is 2.45. The van der Waals surface area contributed by atoms with E-state index in [-0.39, 0.29) is 6.54 Å². The highest BCUT2D eigenvalue weighted by molar-refractivity contribution is 6.02. The second-order valence-electron chi connectivity index (χ2n) is 4.70. The van der Waals surface area contributed by atoms with Crippen molar-refractivity contribution in [1.29, 1.82) is 0 Å². The average Bonchev–Trinajstić information content (AvgIpc) is 2.62. The normalized spacial score (nSPS) is 17.9. The number of benzene rings is 1. The van der Waals surface area contributed by atoms with Gasteiger partial charge in [0.1, 0.15) is 6.54 Å². The Hall–Kier alpha value is -1.76. The summed E-state index contributed by atoms with van der Waals surface area (Å²) < 4.78 is 37.7. The summed E-state index contributed by atoms with van der Waals surface area (Å²) in [6.45, 7) is 1.01. The number of hydrogen-bond acceptors (Lipinski definition) is 3. The quantitative estimate of drug-likeness (QED) is 0.894. The van der Waals surface area contributed by atoms with Crippen molar-refractivity contribution in [2.24, 2.45) is 0 Å². The first kappa shape index (κ1) is 14.6. The fourth-order valence-electron chi connectivity index (χ4n) is 2.22. The zero-order valence-electron chi connectivity index (χ0n) is 10.9. The summed E-state index contributed by atoms with van der Waals surface area (Å²) in [6.07, 6.45) is -4.97. The summed E-state index contributed by atoms with van der Waals surface area (Å²) in [6, 6.07) is 4.43. The SMILES string of the molecule is CCCN(CC(F)(F)F)c1ccc2c(c1)NC(=O)C2O. The molecule has 0 bridgehead atoms. The molecule has 1 aliphatic heterocycles. The van der Waals surface area contributed by atoms with Crippen molar-refractivity contribution >= 4 is 17.3 Å². The lowest BCUT2D eigenvalue weighted by Gasteiger charge is -2.26. The molecule has 0 spiro atoms. The van der Waals surface area contributed by atoms with Crippen LogP contribution < -0.4 is 10.2 Å². The van der Waals surface area contributed by atoms with Crippen molar-refractivity contribution in [2.45, 2.75) is 25.6 Å². The van der Waals surface area contributed by atoms with E-state index in [1.165, 1.54) is 23.1 Å². The first-order valence-corrected chi connectivity index (χ1v) is 6.26. The molecule has 1 heterocycles. The molecule has 110 valence electrons. The highest BCUT2D eigenvalue weighted by Crippen LogP contribution is 2.34. The number of rotatable bonds is 4. The van der Waals surface area contributed by atoms with Gasteiger partial charge in [-0.2, -0.15) is 13.2 Å². The Morgan fingerprint density at radius 2 is 2.10 bits per heavy atom. The van der Waals surface area contributed by atoms with Gasteiger partial charge in [0.25, 0.3) is 5.91 Å². The molecule has 1 aromatic carbocycles. The number of carbonyl (C=O) groups is 1. The van der Waals surface area contributed by atoms with Gasteiger partial charge in [0.2, 0.25) is 0 Å². The van der Waals surface area contributed by atoms with Crippen LogP contribution in [0, 0.1) is 0 Å². The number of hydrogen-bond donors (Lipinski definition) is 2. The highest BCUT2D eigenvalue weighted by atomic mass is 19.4. The minimum Gasteiger partial charge on any atom is -0.378 e. The van der Waals surface area contributed by atoms with Gasteiger partial charge in [-0.1, -0.05) is 13.0 Å². The van der Waals surface area contributed by atoms with Crippen LogP contribution >= 0.6 is 0 Å². The molecule has 1 atom stereocenters. The molecule has 0 saturated heterocycles. The second kappa shape index (κ2) is 5.32. The van der Waals surface area contributed by atoms with E-state index < -0.39 is 24.7 Å². The number of alkyl halides is 3. The highest BCUT2D eigenvalue weighted by Gasteiger charge is 2.32. The summed E-state index contributed by atoms with van der Waals surface area (Å²) in [7, 11) is 0. The maximum Gasteiger partial charge on any atom is 0.405 e. The van der Waals surface area contributed by atoms with Crippen LogP contribution in [0.5, 0.6) is 0 Å². The molecule has 4 nitrogen and oxygen atoms in total. The van der Waals surface area contributed by atoms with Gasteiger partial charge in [-0.3, -0.25) is 4.79 Å². The molecule has 0 aromatic heterocycles. The first-order chi connectivity index (χ1) is 9.31. The molecule has 0 fully saturated rings. The smallest absolute Gasteiger partial charge is 0.378 e. The van der Waals surface area contributed by atoms with E-state index in [0.717, 1.165) is 0 Å². The molecule has 20 heavy (non-hydrogen) atoms. The van der Waals surface area contributed by atoms with E-state index in [0.29, 0.717) is 23.4 Å². The van der Waals surface area contributed by atoms with Gasteiger partial charge in [-0.25, -0.2) is 0 Å². The number of aliphatic hydroxyl groups is 1. The molecular weight excluding hydrogens is 273 g/mol. The Kier molecular flexibility index (Phi) is 3.89. The van der Waals surface area contributed by atoms with Crippen LogP contribution in [-0.2, 0) is 4.79 Å². The number of amides is 1. The molecule has 1 unspecified atom stereocenters. The van der Waals surface area contributed by atoms with E-state index in [2.05, 4.69) is 5.32 Å². The molecule has 1 aliphatic rings. The third kappa shape index (κ3) is 3.04. The van der Waals surface area contributed by atoms with Crippen LogP contribution in [0.1, 0.15) is 25.0 Å². The third-order valence-electron chi connectivity index (χ3n) is 3.07. The molecule has 2 N–H and O–H groups in total. The Morgan fingerprint density at radius 3 is 2.70 bits per heavy atom. The van der Waals surface area contributed by atoms with E-state index in [1.807, 2.05) is 0 Å². The lowest BCUT2D eigenvalue weighted by atomic mass is 10.1. The average molecular weight is 288 g/mol. The predicted molar refractivity (Wildman–Crippen MR) is 68.6 cm³/mol. The molecule has 1 amide bonds. The Labute approximate surface area is 114 Å². The largest absolute Gasteiger partial charge is 0.405 e. The second-order valence-corrected chi connectivity index (χ2v) is 4.70. The minimum atomic E-state index is -4.29. The number of carbonyl (C=O) groups excluding carboxylic acids is 1. The molecular formula is C13H15F3N2O2. The van der Waals surface area contributed by atoms with E-state index in [4.69, 9.17) is 0 Å². The number of aliphatic hydroxyl groups excluding tert-OH is 1. The Morgan fingerprint density at radius 1 is 1.40 bits per heavy atom. The number of fused-ring (bicyclic) bond motifs is 1. The molecule has 0 aliphatic carbocycles. The number of anilines is 2. The fraction of sp³-hybridized carbons (Fsp3) is 0.462. The summed E-state index contributed by atoms with van der Waals surface area (Å²) in [5.41, 5.74) is 1.13. The minimum absolute atomic E-state index is 0.259. The Balaban J connectivity index is 2.27. The van der Waals surface area contributed by atoms with Crippen LogP contribution in [0.3, 0.4) is 0 Å². The van der Waals surface area contributed by atoms with Gasteiger partial charge in [0.05, 0.1) is 0 Å². The topological polar surface area (TPSA) is 52.6 Å². The molecule has 1 aromatic rings. The standard InChI is InChI=1S/C13H15F3N2O2/c1-2-5-18(7-13(14,15)16)8-3-4-9-10(6-8)17-12(20)11(9)19/h3-4,6,11,19H,2,5,7H2,1H3,(H,17,20). The monoisotopic (exact) mass is 288 g/mol. The van der Waals surface area contributed by atoms with Gasteiger partial charge in [0.15, 0.2) is 6.10 Å². The van der Waals surface area contributed by atoms with E-state index in [1.54, 1.807) is 6.92 Å². The van der Waals surface area contributed by atoms with Gasteiger partial charge < -0.3 is 15.3 Å². The summed E-state index contributed by atoms with van der Waals surface area (Å²) in [5.74, 6) is -0.560. The van der Waals surface area contributed by atoms with Crippen molar-refractivity contribution in [3.8, 4) is 0 Å². The van der Waals surface area contributed by atoms with Crippen LogP contribution in [-0.4, -0.2) is 30.3 Å². The third-order valence-corrected chi connectivity index (χ3v) is 3.07. The van der Waals surface area contributed by atoms with Crippen molar-refractivity contribution in [2.75, 3.05) is 23.3 Å². The molecule has 2 rings (SSSR count). The van der Waals surface area contributed by atoms with Crippen molar-refractivity contribution in [3.05, 3.63) is 23.8 Å². The van der Waals surface area contributed by atoms with Gasteiger partial charge >= 0.3 is 6.18 Å². The zero-order chi connectivity index (χ0) is 14.9. The number of halogens is 3. The number of nitrogens with zero attached hydrogens (tertiary/aromatic N) is 1. The number of nitrogens with one attached hydrogen (secondary N) is 1.